The fourth-order valence-electron chi connectivity index (χ4n) is 3.99. The first-order valence-corrected chi connectivity index (χ1v) is 7.54. The van der Waals surface area contributed by atoms with Gasteiger partial charge in [-0.1, -0.05) is 6.42 Å². The van der Waals surface area contributed by atoms with Crippen molar-refractivity contribution in [2.75, 3.05) is 25.1 Å². The van der Waals surface area contributed by atoms with E-state index in [0.29, 0.717) is 13.1 Å². The zero-order valence-corrected chi connectivity index (χ0v) is 12.8. The number of methoxy groups -OCH3 is 1. The topological polar surface area (TPSA) is 96.5 Å². The summed E-state index contributed by atoms with van der Waals surface area (Å²) in [6, 6.07) is 6.40. The highest BCUT2D eigenvalue weighted by Crippen LogP contribution is 2.50. The van der Waals surface area contributed by atoms with Gasteiger partial charge in [0.1, 0.15) is 11.6 Å². The molecule has 1 aliphatic carbocycles. The molecule has 1 heterocycles. The highest BCUT2D eigenvalue weighted by atomic mass is 16.6. The molecule has 0 unspecified atom stereocenters. The van der Waals surface area contributed by atoms with Crippen LogP contribution < -0.4 is 4.90 Å². The van der Waals surface area contributed by atoms with Gasteiger partial charge in [-0.15, -0.1) is 0 Å². The van der Waals surface area contributed by atoms with Crippen LogP contribution in [0.5, 0.6) is 0 Å². The van der Waals surface area contributed by atoms with Crippen molar-refractivity contribution < 1.29 is 14.5 Å². The van der Waals surface area contributed by atoms with E-state index in [4.69, 9.17) is 10.00 Å². The number of carbonyl (C=O) groups excluding carboxylic acids is 1. The first-order chi connectivity index (χ1) is 11.0. The van der Waals surface area contributed by atoms with Gasteiger partial charge in [-0.3, -0.25) is 14.9 Å². The lowest BCUT2D eigenvalue weighted by molar-refractivity contribution is -0.385. The number of nitro benzene ring substituents is 1. The summed E-state index contributed by atoms with van der Waals surface area (Å²) in [6.45, 7) is 1.24. The van der Waals surface area contributed by atoms with Crippen molar-refractivity contribution >= 4 is 17.3 Å². The van der Waals surface area contributed by atoms with Crippen LogP contribution in [-0.2, 0) is 9.53 Å². The average Bonchev–Trinajstić information content (AvgIpc) is 3.11. The molecule has 2 fully saturated rings. The number of hydrogen-bond donors (Lipinski definition) is 0. The molecule has 1 aliphatic heterocycles. The van der Waals surface area contributed by atoms with E-state index in [0.717, 1.165) is 24.9 Å². The molecule has 0 radical (unpaired) electrons. The van der Waals surface area contributed by atoms with E-state index >= 15 is 0 Å². The van der Waals surface area contributed by atoms with Crippen LogP contribution in [0.25, 0.3) is 0 Å². The molecule has 7 nitrogen and oxygen atoms in total. The van der Waals surface area contributed by atoms with Gasteiger partial charge >= 0.3 is 5.97 Å². The molecular formula is C16H17N3O4. The summed E-state index contributed by atoms with van der Waals surface area (Å²) in [5.41, 5.74) is 0.100. The number of nitriles is 1. The molecule has 1 saturated carbocycles. The summed E-state index contributed by atoms with van der Waals surface area (Å²) in [4.78, 5) is 24.7. The molecule has 23 heavy (non-hydrogen) atoms. The standard InChI is InChI=1S/C16H17N3O4/c1-23-15(20)16-6-2-3-12(16)9-18(10-16)13-4-5-14(19(21)22)11(7-13)8-17/h4-5,7,12H,2-3,6,9-10H2,1H3/t12-,16+/m0/s1. The van der Waals surface area contributed by atoms with Crippen molar-refractivity contribution in [2.45, 2.75) is 19.3 Å². The summed E-state index contributed by atoms with van der Waals surface area (Å²) in [6.07, 6.45) is 2.79. The predicted molar refractivity (Wildman–Crippen MR) is 81.8 cm³/mol. The van der Waals surface area contributed by atoms with Crippen molar-refractivity contribution in [1.29, 1.82) is 5.26 Å². The maximum atomic E-state index is 12.3. The summed E-state index contributed by atoms with van der Waals surface area (Å²) < 4.78 is 5.01. The van der Waals surface area contributed by atoms with Crippen molar-refractivity contribution in [1.82, 2.24) is 0 Å². The average molecular weight is 315 g/mol. The molecular weight excluding hydrogens is 298 g/mol. The van der Waals surface area contributed by atoms with E-state index < -0.39 is 10.3 Å². The van der Waals surface area contributed by atoms with Crippen molar-refractivity contribution in [3.8, 4) is 6.07 Å². The van der Waals surface area contributed by atoms with Gasteiger partial charge in [-0.25, -0.2) is 0 Å². The second-order valence-electron chi connectivity index (χ2n) is 6.19. The molecule has 2 atom stereocenters. The number of fused-ring (bicyclic) bond motifs is 1. The van der Waals surface area contributed by atoms with Crippen molar-refractivity contribution in [2.24, 2.45) is 11.3 Å². The first-order valence-electron chi connectivity index (χ1n) is 7.54. The van der Waals surface area contributed by atoms with Crippen LogP contribution in [0, 0.1) is 32.8 Å². The normalized spacial score (nSPS) is 25.7. The fourth-order valence-corrected chi connectivity index (χ4v) is 3.99. The monoisotopic (exact) mass is 315 g/mol. The SMILES string of the molecule is COC(=O)[C@@]12CCC[C@H]1CN(c1ccc([N+](=O)[O-])c(C#N)c1)C2. The van der Waals surface area contributed by atoms with Gasteiger partial charge in [0, 0.05) is 24.8 Å². The molecule has 1 aromatic rings. The minimum Gasteiger partial charge on any atom is -0.469 e. The molecule has 1 aromatic carbocycles. The number of benzene rings is 1. The minimum atomic E-state index is -0.559. The Morgan fingerprint density at radius 1 is 1.57 bits per heavy atom. The Kier molecular flexibility index (Phi) is 3.68. The second kappa shape index (κ2) is 5.54. The van der Waals surface area contributed by atoms with Crippen LogP contribution in [-0.4, -0.2) is 31.1 Å². The van der Waals surface area contributed by atoms with E-state index in [1.165, 1.54) is 19.2 Å². The van der Waals surface area contributed by atoms with E-state index in [-0.39, 0.29) is 23.1 Å². The van der Waals surface area contributed by atoms with Crippen LogP contribution in [0.1, 0.15) is 24.8 Å². The molecule has 3 rings (SSSR count). The third-order valence-corrected chi connectivity index (χ3v) is 5.13. The Morgan fingerprint density at radius 2 is 2.35 bits per heavy atom. The lowest BCUT2D eigenvalue weighted by Gasteiger charge is -2.26. The van der Waals surface area contributed by atoms with Crippen LogP contribution in [0.2, 0.25) is 0 Å². The Bertz CT molecular complexity index is 712. The van der Waals surface area contributed by atoms with Crippen molar-refractivity contribution in [3.63, 3.8) is 0 Å². The van der Waals surface area contributed by atoms with E-state index in [1.54, 1.807) is 6.07 Å². The molecule has 7 heteroatoms. The van der Waals surface area contributed by atoms with Gasteiger partial charge in [0.05, 0.1) is 17.4 Å². The number of ether oxygens (including phenoxy) is 1. The van der Waals surface area contributed by atoms with Crippen molar-refractivity contribution in [3.05, 3.63) is 33.9 Å². The zero-order chi connectivity index (χ0) is 16.6. The van der Waals surface area contributed by atoms with Gasteiger partial charge in [0.25, 0.3) is 5.69 Å². The quantitative estimate of drug-likeness (QED) is 0.482. The van der Waals surface area contributed by atoms with Gasteiger partial charge in [-0.05, 0) is 30.9 Å². The Labute approximate surface area is 133 Å². The maximum Gasteiger partial charge on any atom is 0.313 e. The van der Waals surface area contributed by atoms with Crippen LogP contribution >= 0.6 is 0 Å². The minimum absolute atomic E-state index is 0.0386. The zero-order valence-electron chi connectivity index (χ0n) is 12.8. The lowest BCUT2D eigenvalue weighted by atomic mass is 9.81. The van der Waals surface area contributed by atoms with Gasteiger partial charge in [0.15, 0.2) is 0 Å². The number of nitrogens with zero attached hydrogens (tertiary/aromatic N) is 3. The molecule has 0 aromatic heterocycles. The fraction of sp³-hybridized carbons (Fsp3) is 0.500. The Balaban J connectivity index is 1.92. The molecule has 0 amide bonds. The highest BCUT2D eigenvalue weighted by molar-refractivity contribution is 5.80. The van der Waals surface area contributed by atoms with Crippen LogP contribution in [0.4, 0.5) is 11.4 Å². The Morgan fingerprint density at radius 3 is 3.00 bits per heavy atom. The van der Waals surface area contributed by atoms with E-state index in [2.05, 4.69) is 0 Å². The summed E-state index contributed by atoms with van der Waals surface area (Å²) in [5.74, 6) is 0.0561. The van der Waals surface area contributed by atoms with Gasteiger partial charge in [0.2, 0.25) is 0 Å². The first kappa shape index (κ1) is 15.3. The number of anilines is 1. The Hall–Kier alpha value is -2.62. The van der Waals surface area contributed by atoms with Crippen LogP contribution in [0.15, 0.2) is 18.2 Å². The molecule has 120 valence electrons. The van der Waals surface area contributed by atoms with Gasteiger partial charge < -0.3 is 9.64 Å². The number of carbonyl (C=O) groups is 1. The molecule has 2 aliphatic rings. The molecule has 1 saturated heterocycles. The van der Waals surface area contributed by atoms with E-state index in [9.17, 15) is 14.9 Å². The van der Waals surface area contributed by atoms with Crippen LogP contribution in [0.3, 0.4) is 0 Å². The second-order valence-corrected chi connectivity index (χ2v) is 6.19. The smallest absolute Gasteiger partial charge is 0.313 e. The number of esters is 1. The molecule has 0 N–H and O–H groups in total. The molecule has 0 bridgehead atoms. The number of hydrogen-bond acceptors (Lipinski definition) is 6. The molecule has 0 spiro atoms. The third-order valence-electron chi connectivity index (χ3n) is 5.13. The largest absolute Gasteiger partial charge is 0.469 e. The third kappa shape index (κ3) is 2.31. The highest BCUT2D eigenvalue weighted by Gasteiger charge is 2.55. The lowest BCUT2D eigenvalue weighted by Crippen LogP contribution is -2.36. The number of nitro groups is 1. The van der Waals surface area contributed by atoms with E-state index in [1.807, 2.05) is 11.0 Å². The van der Waals surface area contributed by atoms with Gasteiger partial charge in [-0.2, -0.15) is 5.26 Å². The number of rotatable bonds is 3. The summed E-state index contributed by atoms with van der Waals surface area (Å²) >= 11 is 0. The summed E-state index contributed by atoms with van der Waals surface area (Å²) in [5, 5.41) is 20.1. The summed E-state index contributed by atoms with van der Waals surface area (Å²) in [7, 11) is 1.41. The predicted octanol–water partition coefficient (Wildman–Crippen LogP) is 2.25. The maximum absolute atomic E-state index is 12.3.